The van der Waals surface area contributed by atoms with Gasteiger partial charge in [0.15, 0.2) is 0 Å². The van der Waals surface area contributed by atoms with Gasteiger partial charge in [-0.1, -0.05) is 42.3 Å². The van der Waals surface area contributed by atoms with Crippen LogP contribution in [-0.2, 0) is 9.53 Å². The lowest BCUT2D eigenvalue weighted by molar-refractivity contribution is -0.135. The fraction of sp³-hybridized carbons (Fsp3) is 0.250. The fourth-order valence-electron chi connectivity index (χ4n) is 1.30. The van der Waals surface area contributed by atoms with Crippen molar-refractivity contribution in [3.8, 4) is 17.9 Å². The Morgan fingerprint density at radius 1 is 1.26 bits per heavy atom. The SMILES string of the molecule is N#CCCCC#CC(=O)OC/C=C/c1ccccc1. The van der Waals surface area contributed by atoms with Crippen molar-refractivity contribution in [3.05, 3.63) is 42.0 Å². The van der Waals surface area contributed by atoms with Gasteiger partial charge in [0.25, 0.3) is 0 Å². The zero-order valence-electron chi connectivity index (χ0n) is 10.6. The molecule has 1 aromatic rings. The number of esters is 1. The number of rotatable bonds is 5. The van der Waals surface area contributed by atoms with Crippen LogP contribution < -0.4 is 0 Å². The lowest BCUT2D eigenvalue weighted by Crippen LogP contribution is -2.00. The highest BCUT2D eigenvalue weighted by molar-refractivity contribution is 5.88. The van der Waals surface area contributed by atoms with Gasteiger partial charge in [0.1, 0.15) is 6.61 Å². The van der Waals surface area contributed by atoms with E-state index < -0.39 is 5.97 Å². The van der Waals surface area contributed by atoms with Crippen molar-refractivity contribution in [2.75, 3.05) is 6.61 Å². The van der Waals surface area contributed by atoms with Gasteiger partial charge in [0.2, 0.25) is 0 Å². The summed E-state index contributed by atoms with van der Waals surface area (Å²) in [6, 6.07) is 11.8. The van der Waals surface area contributed by atoms with Crippen molar-refractivity contribution in [2.24, 2.45) is 0 Å². The van der Waals surface area contributed by atoms with Crippen LogP contribution in [0.2, 0.25) is 0 Å². The second-order valence-corrected chi connectivity index (χ2v) is 3.72. The minimum Gasteiger partial charge on any atom is -0.452 e. The Balaban J connectivity index is 2.20. The highest BCUT2D eigenvalue weighted by Gasteiger charge is 1.93. The molecule has 1 rings (SSSR count). The molecule has 0 heterocycles. The average molecular weight is 253 g/mol. The first-order chi connectivity index (χ1) is 9.33. The minimum absolute atomic E-state index is 0.209. The Labute approximate surface area is 113 Å². The number of carbonyl (C=O) groups excluding carboxylic acids is 1. The quantitative estimate of drug-likeness (QED) is 0.351. The molecule has 96 valence electrons. The first kappa shape index (κ1) is 14.5. The van der Waals surface area contributed by atoms with Crippen LogP contribution >= 0.6 is 0 Å². The van der Waals surface area contributed by atoms with Crippen molar-refractivity contribution in [1.29, 1.82) is 5.26 Å². The Bertz CT molecular complexity index is 515. The predicted molar refractivity (Wildman–Crippen MR) is 73.7 cm³/mol. The molecular formula is C16H15NO2. The molecule has 0 aliphatic carbocycles. The van der Waals surface area contributed by atoms with Crippen LogP contribution in [0.5, 0.6) is 0 Å². The van der Waals surface area contributed by atoms with Crippen molar-refractivity contribution in [1.82, 2.24) is 0 Å². The molecule has 0 aliphatic rings. The van der Waals surface area contributed by atoms with E-state index in [0.717, 1.165) is 5.56 Å². The van der Waals surface area contributed by atoms with Crippen LogP contribution in [0.3, 0.4) is 0 Å². The third-order valence-corrected chi connectivity index (χ3v) is 2.20. The van der Waals surface area contributed by atoms with E-state index in [0.29, 0.717) is 19.3 Å². The molecule has 0 fully saturated rings. The number of nitriles is 1. The molecule has 0 radical (unpaired) electrons. The van der Waals surface area contributed by atoms with Gasteiger partial charge >= 0.3 is 5.97 Å². The van der Waals surface area contributed by atoms with Crippen LogP contribution in [0.4, 0.5) is 0 Å². The molecule has 3 nitrogen and oxygen atoms in total. The monoisotopic (exact) mass is 253 g/mol. The van der Waals surface area contributed by atoms with Gasteiger partial charge in [-0.15, -0.1) is 0 Å². The maximum Gasteiger partial charge on any atom is 0.384 e. The van der Waals surface area contributed by atoms with E-state index in [9.17, 15) is 4.79 Å². The van der Waals surface area contributed by atoms with Gasteiger partial charge in [0.05, 0.1) is 6.07 Å². The van der Waals surface area contributed by atoms with Crippen LogP contribution in [-0.4, -0.2) is 12.6 Å². The number of ether oxygens (including phenoxy) is 1. The lowest BCUT2D eigenvalue weighted by atomic mass is 10.2. The van der Waals surface area contributed by atoms with Gasteiger partial charge in [0, 0.05) is 18.8 Å². The van der Waals surface area contributed by atoms with Gasteiger partial charge < -0.3 is 4.74 Å². The van der Waals surface area contributed by atoms with E-state index in [2.05, 4.69) is 11.8 Å². The van der Waals surface area contributed by atoms with E-state index >= 15 is 0 Å². The van der Waals surface area contributed by atoms with Crippen molar-refractivity contribution >= 4 is 12.0 Å². The van der Waals surface area contributed by atoms with Gasteiger partial charge in [-0.2, -0.15) is 5.26 Å². The van der Waals surface area contributed by atoms with Gasteiger partial charge in [-0.3, -0.25) is 0 Å². The van der Waals surface area contributed by atoms with Crippen molar-refractivity contribution in [3.63, 3.8) is 0 Å². The molecule has 3 heteroatoms. The van der Waals surface area contributed by atoms with Crippen LogP contribution in [0, 0.1) is 23.2 Å². The zero-order chi connectivity index (χ0) is 13.8. The van der Waals surface area contributed by atoms with Gasteiger partial charge in [-0.05, 0) is 18.1 Å². The molecule has 0 aliphatic heterocycles. The summed E-state index contributed by atoms with van der Waals surface area (Å²) in [6.45, 7) is 0.209. The van der Waals surface area contributed by atoms with Crippen molar-refractivity contribution < 1.29 is 9.53 Å². The molecule has 0 saturated heterocycles. The molecule has 0 atom stereocenters. The second-order valence-electron chi connectivity index (χ2n) is 3.72. The molecular weight excluding hydrogens is 238 g/mol. The standard InChI is InChI=1S/C16H15NO2/c17-13-7-2-1-6-12-16(18)19-14-8-11-15-9-4-3-5-10-15/h3-5,8-11H,1-2,7,14H2/b11-8+. The highest BCUT2D eigenvalue weighted by Crippen LogP contribution is 2.00. The van der Waals surface area contributed by atoms with E-state index in [-0.39, 0.29) is 6.61 Å². The highest BCUT2D eigenvalue weighted by atomic mass is 16.5. The number of nitrogens with zero attached hydrogens (tertiary/aromatic N) is 1. The summed E-state index contributed by atoms with van der Waals surface area (Å²) >= 11 is 0. The third kappa shape index (κ3) is 7.41. The first-order valence-corrected chi connectivity index (χ1v) is 6.07. The third-order valence-electron chi connectivity index (χ3n) is 2.20. The van der Waals surface area contributed by atoms with Crippen LogP contribution in [0.1, 0.15) is 24.8 Å². The molecule has 0 saturated carbocycles. The second kappa shape index (κ2) is 9.50. The molecule has 0 N–H and O–H groups in total. The summed E-state index contributed by atoms with van der Waals surface area (Å²) < 4.78 is 4.91. The largest absolute Gasteiger partial charge is 0.452 e. The van der Waals surface area contributed by atoms with Crippen LogP contribution in [0.15, 0.2) is 36.4 Å². The van der Waals surface area contributed by atoms with Crippen molar-refractivity contribution in [2.45, 2.75) is 19.3 Å². The summed E-state index contributed by atoms with van der Waals surface area (Å²) in [7, 11) is 0. The minimum atomic E-state index is -0.533. The topological polar surface area (TPSA) is 50.1 Å². The zero-order valence-corrected chi connectivity index (χ0v) is 10.6. The number of hydrogen-bond donors (Lipinski definition) is 0. The summed E-state index contributed by atoms with van der Waals surface area (Å²) in [5.74, 6) is 4.53. The number of benzene rings is 1. The lowest BCUT2D eigenvalue weighted by Gasteiger charge is -1.94. The first-order valence-electron chi connectivity index (χ1n) is 6.07. The molecule has 0 spiro atoms. The van der Waals surface area contributed by atoms with Gasteiger partial charge in [-0.25, -0.2) is 4.79 Å². The predicted octanol–water partition coefficient (Wildman–Crippen LogP) is 2.94. The molecule has 0 bridgehead atoms. The smallest absolute Gasteiger partial charge is 0.384 e. The summed E-state index contributed by atoms with van der Waals surface area (Å²) in [5.41, 5.74) is 1.06. The summed E-state index contributed by atoms with van der Waals surface area (Å²) in [5, 5.41) is 8.31. The maximum absolute atomic E-state index is 11.2. The number of hydrogen-bond acceptors (Lipinski definition) is 3. The molecule has 0 aromatic heterocycles. The van der Waals surface area contributed by atoms with E-state index in [4.69, 9.17) is 10.00 Å². The van der Waals surface area contributed by atoms with Crippen LogP contribution in [0.25, 0.3) is 6.08 Å². The normalized spacial score (nSPS) is 9.42. The summed E-state index contributed by atoms with van der Waals surface area (Å²) in [4.78, 5) is 11.2. The Hall–Kier alpha value is -2.52. The number of unbranched alkanes of at least 4 members (excludes halogenated alkanes) is 2. The Morgan fingerprint density at radius 3 is 2.79 bits per heavy atom. The molecule has 0 unspecified atom stereocenters. The molecule has 1 aromatic carbocycles. The Morgan fingerprint density at radius 2 is 2.05 bits per heavy atom. The Kier molecular flexibility index (Phi) is 7.27. The molecule has 0 amide bonds. The maximum atomic E-state index is 11.2. The average Bonchev–Trinajstić information content (AvgIpc) is 2.44. The van der Waals surface area contributed by atoms with E-state index in [1.165, 1.54) is 0 Å². The number of carbonyl (C=O) groups is 1. The summed E-state index contributed by atoms with van der Waals surface area (Å²) in [6.07, 6.45) is 5.34. The fourth-order valence-corrected chi connectivity index (χ4v) is 1.30. The molecule has 19 heavy (non-hydrogen) atoms. The van der Waals surface area contributed by atoms with E-state index in [1.54, 1.807) is 6.08 Å². The van der Waals surface area contributed by atoms with E-state index in [1.807, 2.05) is 42.5 Å².